The fourth-order valence-corrected chi connectivity index (χ4v) is 5.19. The summed E-state index contributed by atoms with van der Waals surface area (Å²) in [5, 5.41) is 0. The van der Waals surface area contributed by atoms with Crippen LogP contribution >= 0.6 is 0 Å². The van der Waals surface area contributed by atoms with Crippen molar-refractivity contribution >= 4 is 0 Å². The molecule has 116 valence electrons. The van der Waals surface area contributed by atoms with Crippen LogP contribution in [0.15, 0.2) is 0 Å². The standard InChI is InChI=1S/C17H32N2O/c1-20-15-8-10-17(13-18,11-9-15)19-12-4-6-14-5-2-3-7-16(14)19/h14-16H,2-13,18H2,1H3. The molecule has 2 aliphatic carbocycles. The summed E-state index contributed by atoms with van der Waals surface area (Å²) in [5.41, 5.74) is 6.58. The number of methoxy groups -OCH3 is 1. The fraction of sp³-hybridized carbons (Fsp3) is 1.00. The molecule has 1 heterocycles. The van der Waals surface area contributed by atoms with Gasteiger partial charge in [0.05, 0.1) is 6.10 Å². The van der Waals surface area contributed by atoms with Crippen molar-refractivity contribution in [3.63, 3.8) is 0 Å². The number of rotatable bonds is 3. The largest absolute Gasteiger partial charge is 0.381 e. The number of nitrogens with zero attached hydrogens (tertiary/aromatic N) is 1. The summed E-state index contributed by atoms with van der Waals surface area (Å²) < 4.78 is 5.56. The lowest BCUT2D eigenvalue weighted by Crippen LogP contribution is -2.63. The van der Waals surface area contributed by atoms with Gasteiger partial charge in [-0.1, -0.05) is 12.8 Å². The molecule has 1 saturated heterocycles. The lowest BCUT2D eigenvalue weighted by Gasteiger charge is -2.55. The Hall–Kier alpha value is -0.120. The smallest absolute Gasteiger partial charge is 0.0572 e. The number of hydrogen-bond donors (Lipinski definition) is 1. The number of nitrogens with two attached hydrogens (primary N) is 1. The molecule has 3 nitrogen and oxygen atoms in total. The van der Waals surface area contributed by atoms with Crippen molar-refractivity contribution < 1.29 is 4.74 Å². The minimum Gasteiger partial charge on any atom is -0.381 e. The molecule has 0 aromatic carbocycles. The molecule has 2 N–H and O–H groups in total. The van der Waals surface area contributed by atoms with Gasteiger partial charge in [-0.05, 0) is 63.8 Å². The van der Waals surface area contributed by atoms with E-state index in [1.165, 1.54) is 70.8 Å². The van der Waals surface area contributed by atoms with Gasteiger partial charge in [-0.15, -0.1) is 0 Å². The summed E-state index contributed by atoms with van der Waals surface area (Å²) in [6.07, 6.45) is 14.0. The molecule has 0 spiro atoms. The van der Waals surface area contributed by atoms with Crippen molar-refractivity contribution in [1.82, 2.24) is 4.90 Å². The van der Waals surface area contributed by atoms with E-state index in [4.69, 9.17) is 10.5 Å². The zero-order chi connectivity index (χ0) is 14.0. The number of hydrogen-bond acceptors (Lipinski definition) is 3. The van der Waals surface area contributed by atoms with Gasteiger partial charge in [0.15, 0.2) is 0 Å². The summed E-state index contributed by atoms with van der Waals surface area (Å²) in [6, 6.07) is 0.833. The van der Waals surface area contributed by atoms with E-state index in [0.29, 0.717) is 6.10 Å². The maximum atomic E-state index is 6.30. The second kappa shape index (κ2) is 6.33. The second-order valence-corrected chi connectivity index (χ2v) is 7.31. The summed E-state index contributed by atoms with van der Waals surface area (Å²) in [4.78, 5) is 2.87. The molecule has 3 aliphatic rings. The SMILES string of the molecule is COC1CCC(CN)(N2CCCC3CCCCC32)CC1. The van der Waals surface area contributed by atoms with E-state index in [9.17, 15) is 0 Å². The second-order valence-electron chi connectivity index (χ2n) is 7.31. The van der Waals surface area contributed by atoms with Gasteiger partial charge in [0.1, 0.15) is 0 Å². The topological polar surface area (TPSA) is 38.5 Å². The Balaban J connectivity index is 1.74. The van der Waals surface area contributed by atoms with E-state index >= 15 is 0 Å². The first-order valence-corrected chi connectivity index (χ1v) is 8.79. The average molecular weight is 280 g/mol. The Morgan fingerprint density at radius 2 is 1.75 bits per heavy atom. The van der Waals surface area contributed by atoms with E-state index in [-0.39, 0.29) is 5.54 Å². The quantitative estimate of drug-likeness (QED) is 0.864. The maximum Gasteiger partial charge on any atom is 0.0572 e. The molecule has 2 saturated carbocycles. The molecule has 3 fully saturated rings. The number of piperidine rings is 1. The predicted molar refractivity (Wildman–Crippen MR) is 82.7 cm³/mol. The molecule has 0 aromatic rings. The first kappa shape index (κ1) is 14.8. The summed E-state index contributed by atoms with van der Waals surface area (Å²) >= 11 is 0. The molecule has 2 atom stereocenters. The van der Waals surface area contributed by atoms with Gasteiger partial charge in [0.25, 0.3) is 0 Å². The van der Waals surface area contributed by atoms with Crippen LogP contribution < -0.4 is 5.73 Å². The van der Waals surface area contributed by atoms with Gasteiger partial charge >= 0.3 is 0 Å². The van der Waals surface area contributed by atoms with Crippen LogP contribution in [-0.4, -0.2) is 42.8 Å². The van der Waals surface area contributed by atoms with Crippen LogP contribution in [0, 0.1) is 5.92 Å². The van der Waals surface area contributed by atoms with Crippen LogP contribution in [0.1, 0.15) is 64.2 Å². The van der Waals surface area contributed by atoms with Gasteiger partial charge < -0.3 is 10.5 Å². The normalized spacial score (nSPS) is 43.2. The highest BCUT2D eigenvalue weighted by atomic mass is 16.5. The van der Waals surface area contributed by atoms with Gasteiger partial charge in [-0.25, -0.2) is 0 Å². The zero-order valence-electron chi connectivity index (χ0n) is 13.2. The van der Waals surface area contributed by atoms with Gasteiger partial charge in [-0.3, -0.25) is 4.90 Å². The monoisotopic (exact) mass is 280 g/mol. The van der Waals surface area contributed by atoms with Crippen LogP contribution in [0.4, 0.5) is 0 Å². The Labute approximate surface area is 124 Å². The molecule has 20 heavy (non-hydrogen) atoms. The van der Waals surface area contributed by atoms with E-state index in [1.807, 2.05) is 7.11 Å². The first-order chi connectivity index (χ1) is 9.79. The summed E-state index contributed by atoms with van der Waals surface area (Å²) in [7, 11) is 1.86. The Kier molecular flexibility index (Phi) is 4.68. The van der Waals surface area contributed by atoms with E-state index in [0.717, 1.165) is 18.5 Å². The molecule has 0 bridgehead atoms. The molecule has 1 aliphatic heterocycles. The van der Waals surface area contributed by atoms with Crippen molar-refractivity contribution in [3.05, 3.63) is 0 Å². The highest BCUT2D eigenvalue weighted by molar-refractivity contribution is 5.02. The Morgan fingerprint density at radius 1 is 1.05 bits per heavy atom. The van der Waals surface area contributed by atoms with Gasteiger partial charge in [0.2, 0.25) is 0 Å². The summed E-state index contributed by atoms with van der Waals surface area (Å²) in [5.74, 6) is 0.959. The van der Waals surface area contributed by atoms with E-state index in [1.54, 1.807) is 0 Å². The maximum absolute atomic E-state index is 6.30. The van der Waals surface area contributed by atoms with Crippen LogP contribution in [0.3, 0.4) is 0 Å². The molecule has 0 amide bonds. The lowest BCUT2D eigenvalue weighted by molar-refractivity contribution is -0.0645. The lowest BCUT2D eigenvalue weighted by atomic mass is 9.72. The fourth-order valence-electron chi connectivity index (χ4n) is 5.19. The van der Waals surface area contributed by atoms with Crippen LogP contribution in [-0.2, 0) is 4.74 Å². The van der Waals surface area contributed by atoms with Crippen LogP contribution in [0.2, 0.25) is 0 Å². The van der Waals surface area contributed by atoms with Crippen molar-refractivity contribution in [1.29, 1.82) is 0 Å². The third kappa shape index (κ3) is 2.65. The van der Waals surface area contributed by atoms with Gasteiger partial charge in [-0.2, -0.15) is 0 Å². The van der Waals surface area contributed by atoms with E-state index < -0.39 is 0 Å². The minimum atomic E-state index is 0.287. The van der Waals surface area contributed by atoms with Gasteiger partial charge in [0, 0.05) is 25.2 Å². The highest BCUT2D eigenvalue weighted by Crippen LogP contribution is 2.43. The predicted octanol–water partition coefficient (Wildman–Crippen LogP) is 2.93. The number of ether oxygens (including phenoxy) is 1. The highest BCUT2D eigenvalue weighted by Gasteiger charge is 2.45. The third-order valence-electron chi connectivity index (χ3n) is 6.43. The van der Waals surface area contributed by atoms with Crippen LogP contribution in [0.5, 0.6) is 0 Å². The minimum absolute atomic E-state index is 0.287. The molecule has 2 unspecified atom stereocenters. The molecular formula is C17H32N2O. The number of fused-ring (bicyclic) bond motifs is 1. The Morgan fingerprint density at radius 3 is 2.45 bits per heavy atom. The molecule has 3 heteroatoms. The zero-order valence-corrected chi connectivity index (χ0v) is 13.2. The van der Waals surface area contributed by atoms with Crippen LogP contribution in [0.25, 0.3) is 0 Å². The molecule has 0 aromatic heterocycles. The third-order valence-corrected chi connectivity index (χ3v) is 6.43. The molecule has 0 radical (unpaired) electrons. The Bertz CT molecular complexity index is 310. The summed E-state index contributed by atoms with van der Waals surface area (Å²) in [6.45, 7) is 2.13. The first-order valence-electron chi connectivity index (χ1n) is 8.79. The van der Waals surface area contributed by atoms with Crippen molar-refractivity contribution in [2.24, 2.45) is 11.7 Å². The number of likely N-dealkylation sites (tertiary alicyclic amines) is 1. The van der Waals surface area contributed by atoms with Crippen molar-refractivity contribution in [2.75, 3.05) is 20.2 Å². The van der Waals surface area contributed by atoms with Crippen molar-refractivity contribution in [2.45, 2.75) is 81.9 Å². The average Bonchev–Trinajstić information content (AvgIpc) is 2.54. The molecule has 3 rings (SSSR count). The van der Waals surface area contributed by atoms with E-state index in [2.05, 4.69) is 4.90 Å². The molecular weight excluding hydrogens is 248 g/mol. The van der Waals surface area contributed by atoms with Crippen molar-refractivity contribution in [3.8, 4) is 0 Å².